The van der Waals surface area contributed by atoms with Crippen molar-refractivity contribution in [1.82, 2.24) is 20.1 Å². The van der Waals surface area contributed by atoms with Crippen LogP contribution in [0.4, 0.5) is 23.5 Å². The quantitative estimate of drug-likeness (QED) is 0.625. The summed E-state index contributed by atoms with van der Waals surface area (Å²) in [6, 6.07) is 6.68. The molecule has 0 radical (unpaired) electrons. The molecule has 2 aromatic heterocycles. The fourth-order valence-corrected chi connectivity index (χ4v) is 3.16. The molecule has 0 unspecified atom stereocenters. The number of aromatic nitrogens is 4. The van der Waals surface area contributed by atoms with Gasteiger partial charge in [-0.15, -0.1) is 0 Å². The molecule has 0 amide bonds. The van der Waals surface area contributed by atoms with Crippen molar-refractivity contribution in [3.05, 3.63) is 53.9 Å². The topological polar surface area (TPSA) is 67.9 Å². The van der Waals surface area contributed by atoms with E-state index in [0.717, 1.165) is 18.7 Å². The zero-order valence-electron chi connectivity index (χ0n) is 14.5. The standard InChI is InChI=1S/C18H15F4N5O/c19-13-5-1-3-11(9-13)15-25-16(28-26-15)12-4-2-8-27(10-12)17-23-7-6-14(24-17)18(20,21)22/h1,3,5-7,9,12H,2,4,8,10H2/t12-/m0/s1. The maximum Gasteiger partial charge on any atom is 0.433 e. The van der Waals surface area contributed by atoms with Crippen LogP contribution in [0.5, 0.6) is 0 Å². The summed E-state index contributed by atoms with van der Waals surface area (Å²) in [5.74, 6) is 0.0540. The summed E-state index contributed by atoms with van der Waals surface area (Å²) >= 11 is 0. The minimum absolute atomic E-state index is 0.0180. The van der Waals surface area contributed by atoms with Crippen LogP contribution in [-0.2, 0) is 6.18 Å². The Bertz CT molecular complexity index is 974. The lowest BCUT2D eigenvalue weighted by Gasteiger charge is -2.31. The van der Waals surface area contributed by atoms with Gasteiger partial charge in [-0.25, -0.2) is 14.4 Å². The molecule has 10 heteroatoms. The second-order valence-electron chi connectivity index (χ2n) is 6.49. The van der Waals surface area contributed by atoms with Gasteiger partial charge in [0.25, 0.3) is 0 Å². The number of hydrogen-bond acceptors (Lipinski definition) is 6. The lowest BCUT2D eigenvalue weighted by atomic mass is 9.98. The molecule has 0 bridgehead atoms. The lowest BCUT2D eigenvalue weighted by Crippen LogP contribution is -2.36. The highest BCUT2D eigenvalue weighted by Crippen LogP contribution is 2.31. The zero-order valence-corrected chi connectivity index (χ0v) is 14.5. The van der Waals surface area contributed by atoms with Crippen LogP contribution in [0.2, 0.25) is 0 Å². The third-order valence-electron chi connectivity index (χ3n) is 4.51. The van der Waals surface area contributed by atoms with E-state index in [-0.39, 0.29) is 17.7 Å². The molecule has 3 heterocycles. The Morgan fingerprint density at radius 1 is 1.14 bits per heavy atom. The number of piperidine rings is 1. The molecular formula is C18H15F4N5O. The van der Waals surface area contributed by atoms with Gasteiger partial charge in [0.1, 0.15) is 11.5 Å². The molecule has 0 N–H and O–H groups in total. The van der Waals surface area contributed by atoms with Crippen LogP contribution in [0.3, 0.4) is 0 Å². The lowest BCUT2D eigenvalue weighted by molar-refractivity contribution is -0.141. The van der Waals surface area contributed by atoms with E-state index in [9.17, 15) is 17.6 Å². The van der Waals surface area contributed by atoms with Gasteiger partial charge in [-0.05, 0) is 31.0 Å². The van der Waals surface area contributed by atoms with Gasteiger partial charge in [-0.3, -0.25) is 0 Å². The molecule has 0 aliphatic carbocycles. The fourth-order valence-electron chi connectivity index (χ4n) is 3.16. The Labute approximate surface area is 157 Å². The van der Waals surface area contributed by atoms with Gasteiger partial charge in [0.2, 0.25) is 17.7 Å². The van der Waals surface area contributed by atoms with E-state index in [2.05, 4.69) is 20.1 Å². The molecule has 1 fully saturated rings. The average Bonchev–Trinajstić information content (AvgIpc) is 3.18. The first kappa shape index (κ1) is 18.3. The van der Waals surface area contributed by atoms with Gasteiger partial charge < -0.3 is 9.42 Å². The summed E-state index contributed by atoms with van der Waals surface area (Å²) in [5.41, 5.74) is -0.491. The summed E-state index contributed by atoms with van der Waals surface area (Å²) in [7, 11) is 0. The second kappa shape index (κ2) is 7.17. The largest absolute Gasteiger partial charge is 0.433 e. The summed E-state index contributed by atoms with van der Waals surface area (Å²) in [6.07, 6.45) is -1.98. The predicted molar refractivity (Wildman–Crippen MR) is 90.9 cm³/mol. The van der Waals surface area contributed by atoms with Crippen LogP contribution in [-0.4, -0.2) is 33.2 Å². The number of hydrogen-bond donors (Lipinski definition) is 0. The molecule has 1 aliphatic rings. The van der Waals surface area contributed by atoms with Crippen molar-refractivity contribution in [2.75, 3.05) is 18.0 Å². The van der Waals surface area contributed by atoms with Crippen molar-refractivity contribution in [1.29, 1.82) is 0 Å². The average molecular weight is 393 g/mol. The van der Waals surface area contributed by atoms with Gasteiger partial charge in [0, 0.05) is 24.8 Å². The van der Waals surface area contributed by atoms with Crippen molar-refractivity contribution in [3.63, 3.8) is 0 Å². The van der Waals surface area contributed by atoms with Crippen molar-refractivity contribution >= 4 is 5.95 Å². The predicted octanol–water partition coefficient (Wildman–Crippen LogP) is 4.07. The first-order chi connectivity index (χ1) is 13.4. The molecule has 1 atom stereocenters. The number of halogens is 4. The van der Waals surface area contributed by atoms with Crippen LogP contribution in [0.25, 0.3) is 11.4 Å². The Hall–Kier alpha value is -3.04. The maximum atomic E-state index is 13.4. The Kier molecular flexibility index (Phi) is 4.70. The van der Waals surface area contributed by atoms with E-state index < -0.39 is 17.7 Å². The van der Waals surface area contributed by atoms with Gasteiger partial charge in [0.15, 0.2) is 0 Å². The first-order valence-corrected chi connectivity index (χ1v) is 8.65. The highest BCUT2D eigenvalue weighted by atomic mass is 19.4. The molecule has 1 saturated heterocycles. The SMILES string of the molecule is Fc1cccc(-c2noc([C@H]3CCCN(c4nccc(C(F)(F)F)n4)C3)n2)c1. The molecule has 28 heavy (non-hydrogen) atoms. The molecule has 3 aromatic rings. The highest BCUT2D eigenvalue weighted by Gasteiger charge is 2.34. The van der Waals surface area contributed by atoms with E-state index >= 15 is 0 Å². The smallest absolute Gasteiger partial charge is 0.340 e. The van der Waals surface area contributed by atoms with Gasteiger partial charge in [-0.2, -0.15) is 18.2 Å². The number of benzene rings is 1. The zero-order chi connectivity index (χ0) is 19.7. The van der Waals surface area contributed by atoms with E-state index in [1.165, 1.54) is 12.1 Å². The number of anilines is 1. The van der Waals surface area contributed by atoms with Crippen LogP contribution in [0.1, 0.15) is 30.3 Å². The molecule has 6 nitrogen and oxygen atoms in total. The molecule has 0 spiro atoms. The van der Waals surface area contributed by atoms with Crippen LogP contribution < -0.4 is 4.90 Å². The molecule has 1 aromatic carbocycles. The van der Waals surface area contributed by atoms with E-state index in [1.54, 1.807) is 17.0 Å². The van der Waals surface area contributed by atoms with Crippen LogP contribution >= 0.6 is 0 Å². The van der Waals surface area contributed by atoms with Crippen molar-refractivity contribution in [3.8, 4) is 11.4 Å². The van der Waals surface area contributed by atoms with Gasteiger partial charge in [0.05, 0.1) is 5.92 Å². The number of rotatable bonds is 3. The summed E-state index contributed by atoms with van der Waals surface area (Å²) in [6.45, 7) is 0.884. The Morgan fingerprint density at radius 3 is 2.79 bits per heavy atom. The summed E-state index contributed by atoms with van der Waals surface area (Å²) < 4.78 is 57.4. The van der Waals surface area contributed by atoms with E-state index in [4.69, 9.17) is 4.52 Å². The number of nitrogens with zero attached hydrogens (tertiary/aromatic N) is 5. The second-order valence-corrected chi connectivity index (χ2v) is 6.49. The van der Waals surface area contributed by atoms with Crippen molar-refractivity contribution in [2.24, 2.45) is 0 Å². The van der Waals surface area contributed by atoms with Crippen molar-refractivity contribution < 1.29 is 22.1 Å². The molecular weight excluding hydrogens is 378 g/mol. The van der Waals surface area contributed by atoms with Gasteiger partial charge in [-0.1, -0.05) is 17.3 Å². The minimum atomic E-state index is -4.53. The maximum absolute atomic E-state index is 13.4. The summed E-state index contributed by atoms with van der Waals surface area (Å²) in [5, 5.41) is 3.90. The third kappa shape index (κ3) is 3.80. The Balaban J connectivity index is 1.53. The minimum Gasteiger partial charge on any atom is -0.340 e. The van der Waals surface area contributed by atoms with Crippen LogP contribution in [0.15, 0.2) is 41.1 Å². The fraction of sp³-hybridized carbons (Fsp3) is 0.333. The molecule has 0 saturated carbocycles. The first-order valence-electron chi connectivity index (χ1n) is 8.65. The molecule has 1 aliphatic heterocycles. The van der Waals surface area contributed by atoms with Gasteiger partial charge >= 0.3 is 6.18 Å². The Morgan fingerprint density at radius 2 is 2.00 bits per heavy atom. The molecule has 146 valence electrons. The monoisotopic (exact) mass is 393 g/mol. The normalized spacial score (nSPS) is 17.7. The molecule has 4 rings (SSSR count). The van der Waals surface area contributed by atoms with E-state index in [0.29, 0.717) is 31.0 Å². The van der Waals surface area contributed by atoms with E-state index in [1.807, 2.05) is 0 Å². The summed E-state index contributed by atoms with van der Waals surface area (Å²) in [4.78, 5) is 13.6. The third-order valence-corrected chi connectivity index (χ3v) is 4.51. The highest BCUT2D eigenvalue weighted by molar-refractivity contribution is 5.54. The van der Waals surface area contributed by atoms with Crippen LogP contribution in [0, 0.1) is 5.82 Å². The van der Waals surface area contributed by atoms with Crippen molar-refractivity contribution in [2.45, 2.75) is 24.9 Å². The number of alkyl halides is 3.